The van der Waals surface area contributed by atoms with Gasteiger partial charge in [-0.1, -0.05) is 13.0 Å². The Hall–Kier alpha value is -1.73. The lowest BCUT2D eigenvalue weighted by Crippen LogP contribution is -2.21. The fourth-order valence-electron chi connectivity index (χ4n) is 1.87. The average Bonchev–Trinajstić information content (AvgIpc) is 2.43. The number of benzene rings is 1. The molecule has 1 aromatic carbocycles. The Morgan fingerprint density at radius 1 is 1.28 bits per heavy atom. The maximum absolute atomic E-state index is 8.55. The summed E-state index contributed by atoms with van der Waals surface area (Å²) in [5, 5.41) is 11.9. The van der Waals surface area contributed by atoms with Gasteiger partial charge in [-0.25, -0.2) is 0 Å². The number of hydrogen-bond donors (Lipinski definition) is 1. The van der Waals surface area contributed by atoms with E-state index in [1.807, 2.05) is 18.2 Å². The van der Waals surface area contributed by atoms with Gasteiger partial charge in [0.15, 0.2) is 11.5 Å². The summed E-state index contributed by atoms with van der Waals surface area (Å²) < 4.78 is 10.5. The quantitative estimate of drug-likeness (QED) is 0.754. The van der Waals surface area contributed by atoms with Crippen LogP contribution in [0.1, 0.15) is 31.4 Å². The van der Waals surface area contributed by atoms with E-state index in [9.17, 15) is 0 Å². The van der Waals surface area contributed by atoms with Gasteiger partial charge in [-0.3, -0.25) is 0 Å². The molecule has 0 saturated carbocycles. The molecule has 1 unspecified atom stereocenters. The van der Waals surface area contributed by atoms with Crippen LogP contribution in [0.3, 0.4) is 0 Å². The smallest absolute Gasteiger partial charge is 0.161 e. The molecule has 0 radical (unpaired) electrons. The number of nitriles is 1. The van der Waals surface area contributed by atoms with Crippen LogP contribution >= 0.6 is 0 Å². The summed E-state index contributed by atoms with van der Waals surface area (Å²) in [6, 6.07) is 8.27. The molecule has 1 aromatic rings. The monoisotopic (exact) mass is 248 g/mol. The van der Waals surface area contributed by atoms with E-state index in [4.69, 9.17) is 14.7 Å². The first kappa shape index (κ1) is 14.3. The Morgan fingerprint density at radius 3 is 2.56 bits per heavy atom. The maximum atomic E-state index is 8.55. The SMILES string of the molecule is CCC(NCCC#N)c1ccc(OC)c(OC)c1. The molecule has 0 bridgehead atoms. The van der Waals surface area contributed by atoms with Crippen molar-refractivity contribution in [2.75, 3.05) is 20.8 Å². The van der Waals surface area contributed by atoms with Gasteiger partial charge in [0.05, 0.1) is 20.3 Å². The van der Waals surface area contributed by atoms with E-state index >= 15 is 0 Å². The standard InChI is InChI=1S/C14H20N2O2/c1-4-12(16-9-5-8-15)11-6-7-13(17-2)14(10-11)18-3/h6-7,10,12,16H,4-5,9H2,1-3H3. The Morgan fingerprint density at radius 2 is 2.00 bits per heavy atom. The highest BCUT2D eigenvalue weighted by molar-refractivity contribution is 5.43. The topological polar surface area (TPSA) is 54.3 Å². The molecular weight excluding hydrogens is 228 g/mol. The molecule has 0 heterocycles. The normalized spacial score (nSPS) is 11.7. The molecule has 0 saturated heterocycles. The fraction of sp³-hybridized carbons (Fsp3) is 0.500. The second-order valence-corrected chi connectivity index (χ2v) is 3.94. The third-order valence-corrected chi connectivity index (χ3v) is 2.85. The van der Waals surface area contributed by atoms with E-state index < -0.39 is 0 Å². The fourth-order valence-corrected chi connectivity index (χ4v) is 1.87. The van der Waals surface area contributed by atoms with Crippen LogP contribution in [0.4, 0.5) is 0 Å². The van der Waals surface area contributed by atoms with Crippen LogP contribution in [0.25, 0.3) is 0 Å². The average molecular weight is 248 g/mol. The molecule has 0 spiro atoms. The highest BCUT2D eigenvalue weighted by atomic mass is 16.5. The number of ether oxygens (including phenoxy) is 2. The summed E-state index contributed by atoms with van der Waals surface area (Å²) in [6.45, 7) is 2.81. The zero-order chi connectivity index (χ0) is 13.4. The van der Waals surface area contributed by atoms with Gasteiger partial charge in [0.25, 0.3) is 0 Å². The van der Waals surface area contributed by atoms with Crippen molar-refractivity contribution in [1.29, 1.82) is 5.26 Å². The first-order valence-corrected chi connectivity index (χ1v) is 6.09. The van der Waals surface area contributed by atoms with Crippen LogP contribution in [-0.2, 0) is 0 Å². The van der Waals surface area contributed by atoms with E-state index in [-0.39, 0.29) is 6.04 Å². The van der Waals surface area contributed by atoms with Crippen molar-refractivity contribution in [2.45, 2.75) is 25.8 Å². The van der Waals surface area contributed by atoms with Crippen molar-refractivity contribution in [1.82, 2.24) is 5.32 Å². The number of rotatable bonds is 7. The zero-order valence-electron chi connectivity index (χ0n) is 11.2. The van der Waals surface area contributed by atoms with Gasteiger partial charge < -0.3 is 14.8 Å². The number of nitrogens with one attached hydrogen (secondary N) is 1. The van der Waals surface area contributed by atoms with Gasteiger partial charge in [-0.2, -0.15) is 5.26 Å². The summed E-state index contributed by atoms with van der Waals surface area (Å²) in [7, 11) is 3.26. The zero-order valence-corrected chi connectivity index (χ0v) is 11.2. The van der Waals surface area contributed by atoms with Crippen molar-refractivity contribution >= 4 is 0 Å². The van der Waals surface area contributed by atoms with Crippen LogP contribution in [0.2, 0.25) is 0 Å². The highest BCUT2D eigenvalue weighted by Crippen LogP contribution is 2.30. The van der Waals surface area contributed by atoms with Crippen LogP contribution in [0.5, 0.6) is 11.5 Å². The molecule has 1 atom stereocenters. The first-order chi connectivity index (χ1) is 8.76. The van der Waals surface area contributed by atoms with Gasteiger partial charge in [0.2, 0.25) is 0 Å². The lowest BCUT2D eigenvalue weighted by molar-refractivity contribution is 0.353. The lowest BCUT2D eigenvalue weighted by atomic mass is 10.0. The molecule has 18 heavy (non-hydrogen) atoms. The largest absolute Gasteiger partial charge is 0.493 e. The molecule has 0 aliphatic carbocycles. The summed E-state index contributed by atoms with van der Waals surface area (Å²) in [4.78, 5) is 0. The predicted molar refractivity (Wildman–Crippen MR) is 70.8 cm³/mol. The van der Waals surface area contributed by atoms with Gasteiger partial charge >= 0.3 is 0 Å². The number of hydrogen-bond acceptors (Lipinski definition) is 4. The Kier molecular flexibility index (Phi) is 6.03. The molecular formula is C14H20N2O2. The number of nitrogens with zero attached hydrogens (tertiary/aromatic N) is 1. The van der Waals surface area contributed by atoms with Gasteiger partial charge in [-0.15, -0.1) is 0 Å². The van der Waals surface area contributed by atoms with Crippen LogP contribution in [0.15, 0.2) is 18.2 Å². The molecule has 98 valence electrons. The lowest BCUT2D eigenvalue weighted by Gasteiger charge is -2.18. The molecule has 1 rings (SSSR count). The molecule has 4 heteroatoms. The summed E-state index contributed by atoms with van der Waals surface area (Å²) in [5.74, 6) is 1.46. The van der Waals surface area contributed by atoms with Crippen LogP contribution in [-0.4, -0.2) is 20.8 Å². The molecule has 0 aliphatic rings. The third-order valence-electron chi connectivity index (χ3n) is 2.85. The molecule has 0 aliphatic heterocycles. The van der Waals surface area contributed by atoms with E-state index in [0.717, 1.165) is 23.5 Å². The first-order valence-electron chi connectivity index (χ1n) is 6.09. The number of methoxy groups -OCH3 is 2. The van der Waals surface area contributed by atoms with Crippen LogP contribution < -0.4 is 14.8 Å². The van der Waals surface area contributed by atoms with Gasteiger partial charge in [-0.05, 0) is 24.1 Å². The van der Waals surface area contributed by atoms with Gasteiger partial charge in [0.1, 0.15) is 0 Å². The minimum absolute atomic E-state index is 0.234. The molecule has 1 N–H and O–H groups in total. The molecule has 0 amide bonds. The minimum atomic E-state index is 0.234. The third kappa shape index (κ3) is 3.64. The Labute approximate surface area is 109 Å². The molecule has 0 fully saturated rings. The second-order valence-electron chi connectivity index (χ2n) is 3.94. The highest BCUT2D eigenvalue weighted by Gasteiger charge is 2.11. The van der Waals surface area contributed by atoms with E-state index in [0.29, 0.717) is 13.0 Å². The summed E-state index contributed by atoms with van der Waals surface area (Å²) in [5.41, 5.74) is 1.15. The maximum Gasteiger partial charge on any atom is 0.161 e. The summed E-state index contributed by atoms with van der Waals surface area (Å²) >= 11 is 0. The molecule has 0 aromatic heterocycles. The minimum Gasteiger partial charge on any atom is -0.493 e. The van der Waals surface area contributed by atoms with Crippen molar-refractivity contribution in [3.8, 4) is 17.6 Å². The second kappa shape index (κ2) is 7.57. The van der Waals surface area contributed by atoms with Crippen molar-refractivity contribution in [3.63, 3.8) is 0 Å². The summed E-state index contributed by atoms with van der Waals surface area (Å²) in [6.07, 6.45) is 1.48. The Balaban J connectivity index is 2.83. The van der Waals surface area contributed by atoms with Crippen molar-refractivity contribution in [2.24, 2.45) is 0 Å². The van der Waals surface area contributed by atoms with E-state index in [2.05, 4.69) is 18.3 Å². The predicted octanol–water partition coefficient (Wildman–Crippen LogP) is 2.66. The Bertz CT molecular complexity index is 413. The van der Waals surface area contributed by atoms with Crippen molar-refractivity contribution < 1.29 is 9.47 Å². The van der Waals surface area contributed by atoms with Crippen molar-refractivity contribution in [3.05, 3.63) is 23.8 Å². The van der Waals surface area contributed by atoms with E-state index in [1.54, 1.807) is 14.2 Å². The van der Waals surface area contributed by atoms with Gasteiger partial charge in [0, 0.05) is 19.0 Å². The molecule has 4 nitrogen and oxygen atoms in total. The van der Waals surface area contributed by atoms with Crippen LogP contribution in [0, 0.1) is 11.3 Å². The van der Waals surface area contributed by atoms with E-state index in [1.165, 1.54) is 0 Å².